The fourth-order valence-electron chi connectivity index (χ4n) is 3.00. The number of amides is 2. The quantitative estimate of drug-likeness (QED) is 0.285. The Kier molecular flexibility index (Phi) is 5.43. The molecule has 0 radical (unpaired) electrons. The molecule has 0 spiro atoms. The molecule has 0 aliphatic carbocycles. The van der Waals surface area contributed by atoms with Crippen LogP contribution in [-0.4, -0.2) is 21.0 Å². The number of carbonyl (C=O) groups excluding carboxylic acids is 2. The molecular formula is C21H13ClN2O5S. The van der Waals surface area contributed by atoms with Gasteiger partial charge in [-0.15, -0.1) is 0 Å². The summed E-state index contributed by atoms with van der Waals surface area (Å²) in [5.74, 6) is 0.178. The third kappa shape index (κ3) is 4.00. The molecule has 0 bridgehead atoms. The SMILES string of the molecule is O=C1S/C(=C\c2ccc(-c3ccccc3[N+](=O)[O-])o2)C(=O)N1Cc1cccc(Cl)c1. The number of benzene rings is 2. The second-order valence-electron chi connectivity index (χ2n) is 6.37. The summed E-state index contributed by atoms with van der Waals surface area (Å²) < 4.78 is 5.68. The van der Waals surface area contributed by atoms with Crippen LogP contribution in [0.3, 0.4) is 0 Å². The zero-order valence-corrected chi connectivity index (χ0v) is 16.9. The Balaban J connectivity index is 1.57. The third-order valence-electron chi connectivity index (χ3n) is 4.37. The molecule has 2 heterocycles. The Hall–Kier alpha value is -3.36. The van der Waals surface area contributed by atoms with Crippen molar-refractivity contribution < 1.29 is 18.9 Å². The highest BCUT2D eigenvalue weighted by atomic mass is 35.5. The minimum Gasteiger partial charge on any atom is -0.456 e. The predicted molar refractivity (Wildman–Crippen MR) is 114 cm³/mol. The van der Waals surface area contributed by atoms with Crippen molar-refractivity contribution in [1.29, 1.82) is 0 Å². The minimum atomic E-state index is -0.487. The molecule has 1 aliphatic heterocycles. The van der Waals surface area contributed by atoms with Gasteiger partial charge in [-0.2, -0.15) is 0 Å². The molecule has 9 heteroatoms. The zero-order valence-electron chi connectivity index (χ0n) is 15.3. The van der Waals surface area contributed by atoms with E-state index in [2.05, 4.69) is 0 Å². The number of hydrogen-bond donors (Lipinski definition) is 0. The number of thioether (sulfide) groups is 1. The third-order valence-corrected chi connectivity index (χ3v) is 5.51. The lowest BCUT2D eigenvalue weighted by Gasteiger charge is -2.12. The van der Waals surface area contributed by atoms with E-state index in [9.17, 15) is 19.7 Å². The van der Waals surface area contributed by atoms with Gasteiger partial charge in [0.25, 0.3) is 16.8 Å². The molecule has 7 nitrogen and oxygen atoms in total. The highest BCUT2D eigenvalue weighted by Crippen LogP contribution is 2.35. The average molecular weight is 441 g/mol. The van der Waals surface area contributed by atoms with Gasteiger partial charge in [0.1, 0.15) is 11.5 Å². The Morgan fingerprint density at radius 3 is 2.67 bits per heavy atom. The maximum absolute atomic E-state index is 12.7. The van der Waals surface area contributed by atoms with Gasteiger partial charge in [-0.05, 0) is 47.7 Å². The summed E-state index contributed by atoms with van der Waals surface area (Å²) in [5, 5.41) is 11.3. The number of rotatable bonds is 5. The normalized spacial score (nSPS) is 15.2. The van der Waals surface area contributed by atoms with Crippen LogP contribution in [0.25, 0.3) is 17.4 Å². The second-order valence-corrected chi connectivity index (χ2v) is 7.80. The van der Waals surface area contributed by atoms with Gasteiger partial charge in [0.2, 0.25) is 0 Å². The lowest BCUT2D eigenvalue weighted by Crippen LogP contribution is -2.27. The first kappa shape index (κ1) is 19.9. The maximum atomic E-state index is 12.7. The first-order valence-corrected chi connectivity index (χ1v) is 9.95. The summed E-state index contributed by atoms with van der Waals surface area (Å²) >= 11 is 6.77. The van der Waals surface area contributed by atoms with E-state index >= 15 is 0 Å². The van der Waals surface area contributed by atoms with Gasteiger partial charge in [0.15, 0.2) is 0 Å². The van der Waals surface area contributed by atoms with Crippen molar-refractivity contribution in [3.63, 3.8) is 0 Å². The van der Waals surface area contributed by atoms with Crippen molar-refractivity contribution in [2.75, 3.05) is 0 Å². The number of hydrogen-bond acceptors (Lipinski definition) is 6. The first-order chi connectivity index (χ1) is 14.4. The van der Waals surface area contributed by atoms with E-state index in [1.807, 2.05) is 0 Å². The Morgan fingerprint density at radius 1 is 1.10 bits per heavy atom. The fraction of sp³-hybridized carbons (Fsp3) is 0.0476. The minimum absolute atomic E-state index is 0.0831. The second kappa shape index (κ2) is 8.17. The molecular weight excluding hydrogens is 428 g/mol. The smallest absolute Gasteiger partial charge is 0.293 e. The van der Waals surface area contributed by atoms with E-state index in [4.69, 9.17) is 16.0 Å². The van der Waals surface area contributed by atoms with Gasteiger partial charge < -0.3 is 4.42 Å². The predicted octanol–water partition coefficient (Wildman–Crippen LogP) is 5.74. The van der Waals surface area contributed by atoms with Crippen LogP contribution in [0, 0.1) is 10.1 Å². The van der Waals surface area contributed by atoms with Crippen LogP contribution >= 0.6 is 23.4 Å². The van der Waals surface area contributed by atoms with Crippen LogP contribution in [0.2, 0.25) is 5.02 Å². The number of nitro benzene ring substituents is 1. The van der Waals surface area contributed by atoms with E-state index < -0.39 is 16.1 Å². The maximum Gasteiger partial charge on any atom is 0.293 e. The zero-order chi connectivity index (χ0) is 21.3. The monoisotopic (exact) mass is 440 g/mol. The first-order valence-electron chi connectivity index (χ1n) is 8.76. The van der Waals surface area contributed by atoms with E-state index in [0.29, 0.717) is 22.1 Å². The molecule has 4 rings (SSSR count). The van der Waals surface area contributed by atoms with Crippen molar-refractivity contribution >= 4 is 46.3 Å². The summed E-state index contributed by atoms with van der Waals surface area (Å²) in [5.41, 5.74) is 0.985. The highest BCUT2D eigenvalue weighted by Gasteiger charge is 2.35. The standard InChI is InChI=1S/C21H13ClN2O5S/c22-14-5-3-4-13(10-14)12-23-20(25)19(30-21(23)26)11-15-8-9-18(29-15)16-6-1-2-7-17(16)24(27)28/h1-11H,12H2/b19-11-. The summed E-state index contributed by atoms with van der Waals surface area (Å²) in [6.45, 7) is 0.113. The Labute approximate surface area is 180 Å². The van der Waals surface area contributed by atoms with Crippen LogP contribution in [0.4, 0.5) is 10.5 Å². The van der Waals surface area contributed by atoms with E-state index in [0.717, 1.165) is 22.2 Å². The molecule has 0 atom stereocenters. The van der Waals surface area contributed by atoms with Crippen LogP contribution in [0.1, 0.15) is 11.3 Å². The van der Waals surface area contributed by atoms with E-state index in [-0.39, 0.29) is 17.1 Å². The summed E-state index contributed by atoms with van der Waals surface area (Å²) in [6, 6.07) is 16.3. The van der Waals surface area contributed by atoms with Crippen LogP contribution in [-0.2, 0) is 11.3 Å². The largest absolute Gasteiger partial charge is 0.456 e. The average Bonchev–Trinajstić information content (AvgIpc) is 3.28. The van der Waals surface area contributed by atoms with Gasteiger partial charge in [-0.25, -0.2) is 0 Å². The van der Waals surface area contributed by atoms with Crippen LogP contribution < -0.4 is 0 Å². The molecule has 0 saturated carbocycles. The van der Waals surface area contributed by atoms with E-state index in [1.54, 1.807) is 54.6 Å². The summed E-state index contributed by atoms with van der Waals surface area (Å²) in [7, 11) is 0. The topological polar surface area (TPSA) is 93.7 Å². The molecule has 150 valence electrons. The summed E-state index contributed by atoms with van der Waals surface area (Å²) in [4.78, 5) is 37.1. The Bertz CT molecular complexity index is 1200. The molecule has 1 fully saturated rings. The van der Waals surface area contributed by atoms with Crippen molar-refractivity contribution in [2.24, 2.45) is 0 Å². The molecule has 2 aromatic carbocycles. The lowest BCUT2D eigenvalue weighted by molar-refractivity contribution is -0.384. The number of furan rings is 1. The molecule has 30 heavy (non-hydrogen) atoms. The van der Waals surface area contributed by atoms with Crippen molar-refractivity contribution in [3.8, 4) is 11.3 Å². The molecule has 0 N–H and O–H groups in total. The number of nitrogens with zero attached hydrogens (tertiary/aromatic N) is 2. The van der Waals surface area contributed by atoms with E-state index in [1.165, 1.54) is 12.1 Å². The van der Waals surface area contributed by atoms with Crippen LogP contribution in [0.15, 0.2) is 70.0 Å². The van der Waals surface area contributed by atoms with Gasteiger partial charge in [0.05, 0.1) is 21.9 Å². The highest BCUT2D eigenvalue weighted by molar-refractivity contribution is 8.18. The number of imide groups is 1. The number of nitro groups is 1. The Morgan fingerprint density at radius 2 is 1.90 bits per heavy atom. The van der Waals surface area contributed by atoms with Gasteiger partial charge in [-0.1, -0.05) is 35.9 Å². The molecule has 1 aliphatic rings. The number of carbonyl (C=O) groups is 2. The number of halogens is 1. The van der Waals surface area contributed by atoms with Crippen molar-refractivity contribution in [2.45, 2.75) is 6.54 Å². The van der Waals surface area contributed by atoms with Crippen molar-refractivity contribution in [1.82, 2.24) is 4.90 Å². The molecule has 1 saturated heterocycles. The van der Waals surface area contributed by atoms with Gasteiger partial charge >= 0.3 is 0 Å². The molecule has 1 aromatic heterocycles. The van der Waals surface area contributed by atoms with Gasteiger partial charge in [0, 0.05) is 17.2 Å². The fourth-order valence-corrected chi connectivity index (χ4v) is 4.03. The van der Waals surface area contributed by atoms with Gasteiger partial charge in [-0.3, -0.25) is 24.6 Å². The molecule has 2 amide bonds. The lowest BCUT2D eigenvalue weighted by atomic mass is 10.1. The molecule has 3 aromatic rings. The van der Waals surface area contributed by atoms with Crippen molar-refractivity contribution in [3.05, 3.63) is 92.0 Å². The molecule has 0 unspecified atom stereocenters. The van der Waals surface area contributed by atoms with Crippen LogP contribution in [0.5, 0.6) is 0 Å². The summed E-state index contributed by atoms with van der Waals surface area (Å²) in [6.07, 6.45) is 1.46. The number of para-hydroxylation sites is 1.